The van der Waals surface area contributed by atoms with E-state index in [-0.39, 0.29) is 16.3 Å². The fourth-order valence-corrected chi connectivity index (χ4v) is 1.50. The molecule has 3 N–H and O–H groups in total. The lowest BCUT2D eigenvalue weighted by molar-refractivity contribution is 0.102. The standard InChI is InChI=1S/C12H9ClFN3O/c13-9-2-1-7(5-10(9)14)17-12(18)8-3-4-16-6-11(8)15/h1-6H,15H2,(H,17,18). The summed E-state index contributed by atoms with van der Waals surface area (Å²) < 4.78 is 13.2. The first-order valence-corrected chi connectivity index (χ1v) is 5.41. The zero-order chi connectivity index (χ0) is 13.1. The summed E-state index contributed by atoms with van der Waals surface area (Å²) in [6.45, 7) is 0. The predicted octanol–water partition coefficient (Wildman–Crippen LogP) is 2.71. The van der Waals surface area contributed by atoms with Gasteiger partial charge in [-0.25, -0.2) is 4.39 Å². The number of amides is 1. The molecule has 0 aliphatic carbocycles. The maximum Gasteiger partial charge on any atom is 0.257 e. The molecular formula is C12H9ClFN3O. The second-order valence-corrected chi connectivity index (χ2v) is 3.95. The van der Waals surface area contributed by atoms with Crippen LogP contribution in [0.5, 0.6) is 0 Å². The Morgan fingerprint density at radius 2 is 2.17 bits per heavy atom. The van der Waals surface area contributed by atoms with Gasteiger partial charge in [-0.3, -0.25) is 9.78 Å². The zero-order valence-corrected chi connectivity index (χ0v) is 9.91. The van der Waals surface area contributed by atoms with E-state index in [1.165, 1.54) is 30.6 Å². The number of aromatic nitrogens is 1. The van der Waals surface area contributed by atoms with Gasteiger partial charge in [-0.1, -0.05) is 11.6 Å². The number of pyridine rings is 1. The van der Waals surface area contributed by atoms with Crippen LogP contribution in [-0.4, -0.2) is 10.9 Å². The lowest BCUT2D eigenvalue weighted by atomic mass is 10.2. The summed E-state index contributed by atoms with van der Waals surface area (Å²) in [4.78, 5) is 15.6. The van der Waals surface area contributed by atoms with E-state index in [0.717, 1.165) is 6.07 Å². The molecule has 4 nitrogen and oxygen atoms in total. The molecule has 0 aliphatic rings. The summed E-state index contributed by atoms with van der Waals surface area (Å²) in [6.07, 6.45) is 2.82. The van der Waals surface area contributed by atoms with E-state index in [2.05, 4.69) is 10.3 Å². The molecule has 1 aromatic carbocycles. The minimum atomic E-state index is -0.600. The first kappa shape index (κ1) is 12.3. The van der Waals surface area contributed by atoms with Gasteiger partial charge in [0.1, 0.15) is 5.82 Å². The van der Waals surface area contributed by atoms with Crippen molar-refractivity contribution in [2.75, 3.05) is 11.1 Å². The van der Waals surface area contributed by atoms with Crippen molar-refractivity contribution in [3.63, 3.8) is 0 Å². The molecule has 92 valence electrons. The highest BCUT2D eigenvalue weighted by molar-refractivity contribution is 6.30. The maximum atomic E-state index is 13.2. The highest BCUT2D eigenvalue weighted by atomic mass is 35.5. The van der Waals surface area contributed by atoms with Crippen molar-refractivity contribution in [3.05, 3.63) is 53.1 Å². The van der Waals surface area contributed by atoms with Crippen molar-refractivity contribution in [2.45, 2.75) is 0 Å². The smallest absolute Gasteiger partial charge is 0.257 e. The van der Waals surface area contributed by atoms with Crippen molar-refractivity contribution in [1.29, 1.82) is 0 Å². The van der Waals surface area contributed by atoms with E-state index in [4.69, 9.17) is 17.3 Å². The molecule has 0 bridgehead atoms. The number of anilines is 2. The van der Waals surface area contributed by atoms with Crippen LogP contribution in [0.4, 0.5) is 15.8 Å². The number of benzene rings is 1. The Hall–Kier alpha value is -2.14. The molecule has 0 radical (unpaired) electrons. The van der Waals surface area contributed by atoms with Gasteiger partial charge in [0.25, 0.3) is 5.91 Å². The van der Waals surface area contributed by atoms with E-state index < -0.39 is 11.7 Å². The number of nitrogens with one attached hydrogen (secondary N) is 1. The highest BCUT2D eigenvalue weighted by Crippen LogP contribution is 2.19. The van der Waals surface area contributed by atoms with Crippen LogP contribution in [0.1, 0.15) is 10.4 Å². The van der Waals surface area contributed by atoms with Crippen LogP contribution in [-0.2, 0) is 0 Å². The number of hydrogen-bond acceptors (Lipinski definition) is 3. The van der Waals surface area contributed by atoms with E-state index in [1.54, 1.807) is 0 Å². The Morgan fingerprint density at radius 3 is 2.83 bits per heavy atom. The average Bonchev–Trinajstić information content (AvgIpc) is 2.34. The number of halogens is 2. The summed E-state index contributed by atoms with van der Waals surface area (Å²) in [5.74, 6) is -1.03. The predicted molar refractivity (Wildman–Crippen MR) is 68.0 cm³/mol. The number of carbonyl (C=O) groups excluding carboxylic acids is 1. The van der Waals surface area contributed by atoms with E-state index in [1.807, 2.05) is 0 Å². The molecule has 6 heteroatoms. The van der Waals surface area contributed by atoms with Gasteiger partial charge in [-0.2, -0.15) is 0 Å². The summed E-state index contributed by atoms with van der Waals surface area (Å²) in [5.41, 5.74) is 6.45. The van der Waals surface area contributed by atoms with Crippen LogP contribution in [0, 0.1) is 5.82 Å². The third kappa shape index (κ3) is 2.57. The van der Waals surface area contributed by atoms with Crippen molar-refractivity contribution in [3.8, 4) is 0 Å². The number of hydrogen-bond donors (Lipinski definition) is 2. The number of nitrogen functional groups attached to an aromatic ring is 1. The number of nitrogens with zero attached hydrogens (tertiary/aromatic N) is 1. The number of carbonyl (C=O) groups is 1. The van der Waals surface area contributed by atoms with Crippen LogP contribution in [0.2, 0.25) is 5.02 Å². The fourth-order valence-electron chi connectivity index (χ4n) is 1.39. The number of rotatable bonds is 2. The fraction of sp³-hybridized carbons (Fsp3) is 0. The monoisotopic (exact) mass is 265 g/mol. The molecular weight excluding hydrogens is 257 g/mol. The third-order valence-electron chi connectivity index (χ3n) is 2.27. The Kier molecular flexibility index (Phi) is 3.43. The van der Waals surface area contributed by atoms with Crippen molar-refractivity contribution in [1.82, 2.24) is 4.98 Å². The minimum absolute atomic E-state index is 0.00331. The van der Waals surface area contributed by atoms with Crippen LogP contribution < -0.4 is 11.1 Å². The van der Waals surface area contributed by atoms with E-state index in [0.29, 0.717) is 5.69 Å². The second-order valence-electron chi connectivity index (χ2n) is 3.55. The van der Waals surface area contributed by atoms with Crippen molar-refractivity contribution >= 4 is 28.9 Å². The zero-order valence-electron chi connectivity index (χ0n) is 9.15. The van der Waals surface area contributed by atoms with Crippen molar-refractivity contribution < 1.29 is 9.18 Å². The van der Waals surface area contributed by atoms with Crippen LogP contribution >= 0.6 is 11.6 Å². The molecule has 0 saturated carbocycles. The molecule has 1 heterocycles. The molecule has 2 aromatic rings. The normalized spacial score (nSPS) is 10.1. The van der Waals surface area contributed by atoms with Gasteiger partial charge in [0, 0.05) is 11.9 Å². The average molecular weight is 266 g/mol. The molecule has 0 atom stereocenters. The Balaban J connectivity index is 2.22. The van der Waals surface area contributed by atoms with Crippen LogP contribution in [0.3, 0.4) is 0 Å². The third-order valence-corrected chi connectivity index (χ3v) is 2.58. The molecule has 0 saturated heterocycles. The molecule has 1 amide bonds. The largest absolute Gasteiger partial charge is 0.397 e. The number of nitrogens with two attached hydrogens (primary N) is 1. The Labute approximate surface area is 108 Å². The Bertz CT molecular complexity index is 604. The lowest BCUT2D eigenvalue weighted by Gasteiger charge is -2.07. The first-order chi connectivity index (χ1) is 8.58. The van der Waals surface area contributed by atoms with Crippen molar-refractivity contribution in [2.24, 2.45) is 0 Å². The molecule has 0 unspecified atom stereocenters. The van der Waals surface area contributed by atoms with Gasteiger partial charge in [-0.15, -0.1) is 0 Å². The second kappa shape index (κ2) is 5.01. The highest BCUT2D eigenvalue weighted by Gasteiger charge is 2.10. The Morgan fingerprint density at radius 1 is 1.39 bits per heavy atom. The molecule has 2 rings (SSSR count). The topological polar surface area (TPSA) is 68.0 Å². The van der Waals surface area contributed by atoms with Gasteiger partial charge in [-0.05, 0) is 24.3 Å². The minimum Gasteiger partial charge on any atom is -0.397 e. The first-order valence-electron chi connectivity index (χ1n) is 5.04. The van der Waals surface area contributed by atoms with Crippen LogP contribution in [0.15, 0.2) is 36.7 Å². The van der Waals surface area contributed by atoms with E-state index in [9.17, 15) is 9.18 Å². The quantitative estimate of drug-likeness (QED) is 0.877. The van der Waals surface area contributed by atoms with Gasteiger partial charge < -0.3 is 11.1 Å². The molecule has 0 fully saturated rings. The van der Waals surface area contributed by atoms with Gasteiger partial charge in [0.15, 0.2) is 0 Å². The molecule has 0 spiro atoms. The SMILES string of the molecule is Nc1cnccc1C(=O)Nc1ccc(Cl)c(F)c1. The molecule has 18 heavy (non-hydrogen) atoms. The van der Waals surface area contributed by atoms with Gasteiger partial charge in [0.2, 0.25) is 0 Å². The lowest BCUT2D eigenvalue weighted by Crippen LogP contribution is -2.14. The summed E-state index contributed by atoms with van der Waals surface area (Å²) >= 11 is 5.54. The summed E-state index contributed by atoms with van der Waals surface area (Å²) in [7, 11) is 0. The van der Waals surface area contributed by atoms with Crippen LogP contribution in [0.25, 0.3) is 0 Å². The molecule has 1 aromatic heterocycles. The summed E-state index contributed by atoms with van der Waals surface area (Å²) in [6, 6.07) is 5.48. The molecule has 0 aliphatic heterocycles. The van der Waals surface area contributed by atoms with E-state index >= 15 is 0 Å². The maximum absolute atomic E-state index is 13.2. The van der Waals surface area contributed by atoms with Gasteiger partial charge >= 0.3 is 0 Å². The summed E-state index contributed by atoms with van der Waals surface area (Å²) in [5, 5.41) is 2.52. The van der Waals surface area contributed by atoms with Gasteiger partial charge in [0.05, 0.1) is 22.5 Å².